The van der Waals surface area contributed by atoms with Crippen molar-refractivity contribution >= 4 is 5.69 Å². The van der Waals surface area contributed by atoms with Crippen LogP contribution in [0, 0.1) is 6.92 Å². The molecule has 2 N–H and O–H groups in total. The van der Waals surface area contributed by atoms with Crippen molar-refractivity contribution in [2.24, 2.45) is 0 Å². The van der Waals surface area contributed by atoms with E-state index in [0.29, 0.717) is 12.3 Å². The lowest BCUT2D eigenvalue weighted by atomic mass is 10.1. The molecule has 0 aliphatic heterocycles. The minimum atomic E-state index is 0.349. The molecule has 18 heavy (non-hydrogen) atoms. The molecule has 2 aromatic rings. The quantitative estimate of drug-likeness (QED) is 0.851. The van der Waals surface area contributed by atoms with Crippen molar-refractivity contribution in [1.29, 1.82) is 0 Å². The van der Waals surface area contributed by atoms with Crippen molar-refractivity contribution in [3.05, 3.63) is 59.2 Å². The number of phenolic OH excluding ortho intramolecular Hbond substituents is 1. The summed E-state index contributed by atoms with van der Waals surface area (Å²) in [5.41, 5.74) is 4.53. The van der Waals surface area contributed by atoms with Crippen LogP contribution in [0.1, 0.15) is 23.6 Å². The van der Waals surface area contributed by atoms with Gasteiger partial charge in [-0.05, 0) is 31.0 Å². The van der Waals surface area contributed by atoms with E-state index >= 15 is 0 Å². The van der Waals surface area contributed by atoms with Crippen LogP contribution in [0.25, 0.3) is 0 Å². The van der Waals surface area contributed by atoms with Crippen LogP contribution in [0.15, 0.2) is 42.5 Å². The molecular weight excluding hydrogens is 222 g/mol. The van der Waals surface area contributed by atoms with Gasteiger partial charge in [-0.3, -0.25) is 0 Å². The summed E-state index contributed by atoms with van der Waals surface area (Å²) in [4.78, 5) is 0. The molecular formula is C16H19NO. The molecule has 0 amide bonds. The SMILES string of the molecule is CCc1ccccc1NCc1cc(C)ccc1O. The van der Waals surface area contributed by atoms with Crippen molar-refractivity contribution in [3.63, 3.8) is 0 Å². The van der Waals surface area contributed by atoms with Crippen molar-refractivity contribution in [2.45, 2.75) is 26.8 Å². The summed E-state index contributed by atoms with van der Waals surface area (Å²) < 4.78 is 0. The Hall–Kier alpha value is -1.96. The third-order valence-corrected chi connectivity index (χ3v) is 3.10. The van der Waals surface area contributed by atoms with E-state index in [2.05, 4.69) is 24.4 Å². The molecule has 0 unspecified atom stereocenters. The maximum absolute atomic E-state index is 9.80. The highest BCUT2D eigenvalue weighted by molar-refractivity contribution is 5.52. The molecule has 0 saturated heterocycles. The molecule has 0 saturated carbocycles. The third kappa shape index (κ3) is 2.83. The number of benzene rings is 2. The Labute approximate surface area is 108 Å². The van der Waals surface area contributed by atoms with Crippen molar-refractivity contribution in [2.75, 3.05) is 5.32 Å². The number of aryl methyl sites for hydroxylation is 2. The number of phenols is 1. The molecule has 0 fully saturated rings. The molecule has 0 heterocycles. The van der Waals surface area contributed by atoms with Crippen LogP contribution < -0.4 is 5.32 Å². The van der Waals surface area contributed by atoms with Gasteiger partial charge in [0.25, 0.3) is 0 Å². The summed E-state index contributed by atoms with van der Waals surface area (Å²) in [7, 11) is 0. The fourth-order valence-corrected chi connectivity index (χ4v) is 2.05. The van der Waals surface area contributed by atoms with Gasteiger partial charge in [-0.25, -0.2) is 0 Å². The van der Waals surface area contributed by atoms with Crippen LogP contribution in [-0.4, -0.2) is 5.11 Å². The maximum Gasteiger partial charge on any atom is 0.120 e. The normalized spacial score (nSPS) is 10.3. The maximum atomic E-state index is 9.80. The molecule has 2 nitrogen and oxygen atoms in total. The topological polar surface area (TPSA) is 32.3 Å². The minimum absolute atomic E-state index is 0.349. The van der Waals surface area contributed by atoms with Crippen molar-refractivity contribution < 1.29 is 5.11 Å². The summed E-state index contributed by atoms with van der Waals surface area (Å²) >= 11 is 0. The van der Waals surface area contributed by atoms with E-state index in [1.54, 1.807) is 6.07 Å². The zero-order valence-electron chi connectivity index (χ0n) is 10.9. The lowest BCUT2D eigenvalue weighted by Crippen LogP contribution is -2.02. The molecule has 0 bridgehead atoms. The predicted molar refractivity (Wildman–Crippen MR) is 76.0 cm³/mol. The van der Waals surface area contributed by atoms with Gasteiger partial charge in [0.05, 0.1) is 0 Å². The Kier molecular flexibility index (Phi) is 3.88. The first-order chi connectivity index (χ1) is 8.70. The summed E-state index contributed by atoms with van der Waals surface area (Å²) in [6.07, 6.45) is 1.00. The average Bonchev–Trinajstić information content (AvgIpc) is 2.40. The van der Waals surface area contributed by atoms with Gasteiger partial charge < -0.3 is 10.4 Å². The Morgan fingerprint density at radius 1 is 1.06 bits per heavy atom. The van der Waals surface area contributed by atoms with Crippen LogP contribution in [0.5, 0.6) is 5.75 Å². The number of hydrogen-bond donors (Lipinski definition) is 2. The zero-order valence-corrected chi connectivity index (χ0v) is 10.9. The Balaban J connectivity index is 2.14. The van der Waals surface area contributed by atoms with E-state index in [0.717, 1.165) is 23.2 Å². The molecule has 0 aliphatic rings. The molecule has 2 aromatic carbocycles. The number of para-hydroxylation sites is 1. The summed E-state index contributed by atoms with van der Waals surface area (Å²) in [6, 6.07) is 13.9. The number of nitrogens with one attached hydrogen (secondary N) is 1. The fraction of sp³-hybridized carbons (Fsp3) is 0.250. The number of aromatic hydroxyl groups is 1. The van der Waals surface area contributed by atoms with Gasteiger partial charge in [0.1, 0.15) is 5.75 Å². The zero-order chi connectivity index (χ0) is 13.0. The molecule has 0 radical (unpaired) electrons. The lowest BCUT2D eigenvalue weighted by Gasteiger charge is -2.12. The Bertz CT molecular complexity index is 534. The number of rotatable bonds is 4. The molecule has 0 atom stereocenters. The van der Waals surface area contributed by atoms with E-state index in [-0.39, 0.29) is 0 Å². The van der Waals surface area contributed by atoms with E-state index < -0.39 is 0 Å². The minimum Gasteiger partial charge on any atom is -0.508 e. The van der Waals surface area contributed by atoms with E-state index in [1.165, 1.54) is 5.56 Å². The van der Waals surface area contributed by atoms with Gasteiger partial charge in [0.2, 0.25) is 0 Å². The van der Waals surface area contributed by atoms with Crippen LogP contribution in [-0.2, 0) is 13.0 Å². The molecule has 0 spiro atoms. The van der Waals surface area contributed by atoms with Crippen LogP contribution in [0.2, 0.25) is 0 Å². The highest BCUT2D eigenvalue weighted by atomic mass is 16.3. The van der Waals surface area contributed by atoms with E-state index in [4.69, 9.17) is 0 Å². The lowest BCUT2D eigenvalue weighted by molar-refractivity contribution is 0.469. The van der Waals surface area contributed by atoms with Crippen molar-refractivity contribution in [3.8, 4) is 5.75 Å². The Morgan fingerprint density at radius 2 is 1.83 bits per heavy atom. The molecule has 2 rings (SSSR count). The smallest absolute Gasteiger partial charge is 0.120 e. The first-order valence-electron chi connectivity index (χ1n) is 6.31. The van der Waals surface area contributed by atoms with Gasteiger partial charge in [-0.2, -0.15) is 0 Å². The first-order valence-corrected chi connectivity index (χ1v) is 6.31. The molecule has 2 heteroatoms. The van der Waals surface area contributed by atoms with Gasteiger partial charge in [-0.15, -0.1) is 0 Å². The predicted octanol–water partition coefficient (Wildman–Crippen LogP) is 3.88. The van der Waals surface area contributed by atoms with Crippen molar-refractivity contribution in [1.82, 2.24) is 0 Å². The molecule has 0 aromatic heterocycles. The third-order valence-electron chi connectivity index (χ3n) is 3.10. The standard InChI is InChI=1S/C16H19NO/c1-3-13-6-4-5-7-15(13)17-11-14-10-12(2)8-9-16(14)18/h4-10,17-18H,3,11H2,1-2H3. The second-order valence-electron chi connectivity index (χ2n) is 4.50. The van der Waals surface area contributed by atoms with Gasteiger partial charge >= 0.3 is 0 Å². The molecule has 0 aliphatic carbocycles. The van der Waals surface area contributed by atoms with Gasteiger partial charge in [0.15, 0.2) is 0 Å². The number of hydrogen-bond acceptors (Lipinski definition) is 2. The summed E-state index contributed by atoms with van der Waals surface area (Å²) in [5.74, 6) is 0.349. The van der Waals surface area contributed by atoms with Crippen LogP contribution >= 0.6 is 0 Å². The number of anilines is 1. The van der Waals surface area contributed by atoms with E-state index in [9.17, 15) is 5.11 Å². The average molecular weight is 241 g/mol. The highest BCUT2D eigenvalue weighted by Crippen LogP contribution is 2.21. The Morgan fingerprint density at radius 3 is 2.61 bits per heavy atom. The fourth-order valence-electron chi connectivity index (χ4n) is 2.05. The largest absolute Gasteiger partial charge is 0.508 e. The van der Waals surface area contributed by atoms with Crippen LogP contribution in [0.3, 0.4) is 0 Å². The van der Waals surface area contributed by atoms with E-state index in [1.807, 2.05) is 31.2 Å². The second kappa shape index (κ2) is 5.58. The van der Waals surface area contributed by atoms with Gasteiger partial charge in [0, 0.05) is 17.8 Å². The van der Waals surface area contributed by atoms with Gasteiger partial charge in [-0.1, -0.05) is 42.8 Å². The second-order valence-corrected chi connectivity index (χ2v) is 4.50. The monoisotopic (exact) mass is 241 g/mol. The first kappa shape index (κ1) is 12.5. The summed E-state index contributed by atoms with van der Waals surface area (Å²) in [6.45, 7) is 4.82. The summed E-state index contributed by atoms with van der Waals surface area (Å²) in [5, 5.41) is 13.2. The highest BCUT2D eigenvalue weighted by Gasteiger charge is 2.03. The molecule has 94 valence electrons. The van der Waals surface area contributed by atoms with Crippen LogP contribution in [0.4, 0.5) is 5.69 Å².